The smallest absolute Gasteiger partial charge is 0.262 e. The van der Waals surface area contributed by atoms with Gasteiger partial charge in [0.25, 0.3) is 5.91 Å². The minimum absolute atomic E-state index is 0.0291. The van der Waals surface area contributed by atoms with E-state index in [-0.39, 0.29) is 18.4 Å². The number of ether oxygens (including phenoxy) is 1. The van der Waals surface area contributed by atoms with Crippen molar-refractivity contribution in [3.8, 4) is 5.75 Å². The maximum atomic E-state index is 12.2. The molecule has 0 spiro atoms. The largest absolute Gasteiger partial charge is 0.483 e. The van der Waals surface area contributed by atoms with Crippen molar-refractivity contribution in [2.24, 2.45) is 0 Å². The maximum Gasteiger partial charge on any atom is 0.262 e. The van der Waals surface area contributed by atoms with Crippen LogP contribution in [0, 0.1) is 13.8 Å². The number of aryl methyl sites for hydroxylation is 2. The van der Waals surface area contributed by atoms with Crippen molar-refractivity contribution in [3.05, 3.63) is 53.6 Å². The molecule has 1 N–H and O–H groups in total. The van der Waals surface area contributed by atoms with Gasteiger partial charge in [-0.1, -0.05) is 17.7 Å². The van der Waals surface area contributed by atoms with Crippen molar-refractivity contribution in [3.63, 3.8) is 0 Å². The van der Waals surface area contributed by atoms with Crippen LogP contribution in [0.3, 0.4) is 0 Å². The summed E-state index contributed by atoms with van der Waals surface area (Å²) in [6.45, 7) is 8.68. The topological polar surface area (TPSA) is 61.9 Å². The summed E-state index contributed by atoms with van der Waals surface area (Å²) in [4.78, 5) is 27.7. The molecular weight excluding hydrogens is 354 g/mol. The van der Waals surface area contributed by atoms with E-state index in [0.717, 1.165) is 54.4 Å². The van der Waals surface area contributed by atoms with Crippen LogP contribution in [0.2, 0.25) is 0 Å². The third-order valence-electron chi connectivity index (χ3n) is 4.93. The van der Waals surface area contributed by atoms with Gasteiger partial charge in [0.2, 0.25) is 5.91 Å². The molecule has 1 saturated heterocycles. The second-order valence-electron chi connectivity index (χ2n) is 7.15. The fourth-order valence-corrected chi connectivity index (χ4v) is 3.34. The fraction of sp³-hybridized carbons (Fsp3) is 0.364. The zero-order valence-corrected chi connectivity index (χ0v) is 16.7. The van der Waals surface area contributed by atoms with E-state index in [1.54, 1.807) is 6.92 Å². The van der Waals surface area contributed by atoms with Crippen LogP contribution < -0.4 is 15.0 Å². The van der Waals surface area contributed by atoms with E-state index >= 15 is 0 Å². The molecule has 3 rings (SSSR count). The first-order chi connectivity index (χ1) is 13.4. The molecule has 0 unspecified atom stereocenters. The highest BCUT2D eigenvalue weighted by atomic mass is 16.5. The molecular formula is C22H27N3O3. The molecule has 1 fully saturated rings. The van der Waals surface area contributed by atoms with E-state index in [4.69, 9.17) is 4.74 Å². The molecule has 2 aromatic rings. The predicted octanol–water partition coefficient (Wildman–Crippen LogP) is 2.99. The number of nitrogens with zero attached hydrogens (tertiary/aromatic N) is 2. The average Bonchev–Trinajstić information content (AvgIpc) is 2.68. The molecule has 0 aliphatic carbocycles. The van der Waals surface area contributed by atoms with Crippen molar-refractivity contribution in [1.82, 2.24) is 4.90 Å². The van der Waals surface area contributed by atoms with Crippen molar-refractivity contribution in [2.45, 2.75) is 20.8 Å². The van der Waals surface area contributed by atoms with Gasteiger partial charge in [-0.2, -0.15) is 0 Å². The van der Waals surface area contributed by atoms with Crippen molar-refractivity contribution >= 4 is 23.2 Å². The van der Waals surface area contributed by atoms with Gasteiger partial charge < -0.3 is 19.9 Å². The molecule has 0 atom stereocenters. The Labute approximate surface area is 166 Å². The zero-order valence-electron chi connectivity index (χ0n) is 16.7. The van der Waals surface area contributed by atoms with Crippen LogP contribution in [-0.4, -0.2) is 49.5 Å². The molecule has 28 heavy (non-hydrogen) atoms. The Morgan fingerprint density at radius 1 is 1.00 bits per heavy atom. The van der Waals surface area contributed by atoms with Crippen LogP contribution in [-0.2, 0) is 9.59 Å². The summed E-state index contributed by atoms with van der Waals surface area (Å²) in [5.41, 5.74) is 4.01. The lowest BCUT2D eigenvalue weighted by atomic mass is 10.1. The summed E-state index contributed by atoms with van der Waals surface area (Å²) in [6, 6.07) is 13.6. The lowest BCUT2D eigenvalue weighted by Gasteiger charge is -2.35. The van der Waals surface area contributed by atoms with Gasteiger partial charge in [-0.15, -0.1) is 0 Å². The minimum Gasteiger partial charge on any atom is -0.483 e. The molecule has 2 amide bonds. The first kappa shape index (κ1) is 19.7. The molecule has 0 bridgehead atoms. The van der Waals surface area contributed by atoms with Crippen LogP contribution in [0.5, 0.6) is 5.75 Å². The Morgan fingerprint density at radius 2 is 1.68 bits per heavy atom. The lowest BCUT2D eigenvalue weighted by Crippen LogP contribution is -2.48. The molecule has 2 aromatic carbocycles. The zero-order chi connectivity index (χ0) is 20.1. The SMILES string of the molecule is CC(=O)N1CCN(c2ccc(NC(=O)COc3ccc(C)cc3C)cc2)CC1. The summed E-state index contributed by atoms with van der Waals surface area (Å²) >= 11 is 0. The van der Waals surface area contributed by atoms with Gasteiger partial charge in [-0.25, -0.2) is 0 Å². The first-order valence-electron chi connectivity index (χ1n) is 9.53. The number of carbonyl (C=O) groups is 2. The molecule has 6 heteroatoms. The number of rotatable bonds is 5. The van der Waals surface area contributed by atoms with Gasteiger partial charge >= 0.3 is 0 Å². The molecule has 0 radical (unpaired) electrons. The van der Waals surface area contributed by atoms with Gasteiger partial charge in [0, 0.05) is 44.5 Å². The second kappa shape index (κ2) is 8.78. The van der Waals surface area contributed by atoms with Gasteiger partial charge in [-0.05, 0) is 49.7 Å². The number of carbonyl (C=O) groups excluding carboxylic acids is 2. The molecule has 1 aliphatic rings. The lowest BCUT2D eigenvalue weighted by molar-refractivity contribution is -0.129. The van der Waals surface area contributed by atoms with E-state index in [2.05, 4.69) is 10.2 Å². The summed E-state index contributed by atoms with van der Waals surface area (Å²) in [5.74, 6) is 0.657. The summed E-state index contributed by atoms with van der Waals surface area (Å²) in [5, 5.41) is 2.86. The quantitative estimate of drug-likeness (QED) is 0.865. The Hall–Kier alpha value is -3.02. The van der Waals surface area contributed by atoms with Crippen molar-refractivity contribution in [1.29, 1.82) is 0 Å². The van der Waals surface area contributed by atoms with Gasteiger partial charge in [0.1, 0.15) is 5.75 Å². The number of amides is 2. The second-order valence-corrected chi connectivity index (χ2v) is 7.15. The van der Waals surface area contributed by atoms with Crippen molar-refractivity contribution in [2.75, 3.05) is 43.0 Å². The highest BCUT2D eigenvalue weighted by molar-refractivity contribution is 5.92. The Bertz CT molecular complexity index is 841. The van der Waals surface area contributed by atoms with Gasteiger partial charge in [0.15, 0.2) is 6.61 Å². The third-order valence-corrected chi connectivity index (χ3v) is 4.93. The minimum atomic E-state index is -0.192. The monoisotopic (exact) mass is 381 g/mol. The normalized spacial score (nSPS) is 14.0. The molecule has 0 aromatic heterocycles. The van der Waals surface area contributed by atoms with Gasteiger partial charge in [0.05, 0.1) is 0 Å². The number of piperazine rings is 1. The van der Waals surface area contributed by atoms with Crippen LogP contribution in [0.15, 0.2) is 42.5 Å². The van der Waals surface area contributed by atoms with E-state index < -0.39 is 0 Å². The van der Waals surface area contributed by atoms with Crippen LogP contribution in [0.4, 0.5) is 11.4 Å². The van der Waals surface area contributed by atoms with Crippen LogP contribution in [0.1, 0.15) is 18.1 Å². The highest BCUT2D eigenvalue weighted by Gasteiger charge is 2.18. The van der Waals surface area contributed by atoms with E-state index in [9.17, 15) is 9.59 Å². The predicted molar refractivity (Wildman–Crippen MR) is 111 cm³/mol. The average molecular weight is 381 g/mol. The number of benzene rings is 2. The standard InChI is InChI=1S/C22H27N3O3/c1-16-4-9-21(17(2)14-16)28-15-22(27)23-19-5-7-20(8-6-19)25-12-10-24(11-13-25)18(3)26/h4-9,14H,10-13,15H2,1-3H3,(H,23,27). The number of hydrogen-bond acceptors (Lipinski definition) is 4. The number of anilines is 2. The molecule has 0 saturated carbocycles. The van der Waals surface area contributed by atoms with Crippen LogP contribution >= 0.6 is 0 Å². The van der Waals surface area contributed by atoms with Gasteiger partial charge in [-0.3, -0.25) is 9.59 Å². The summed E-state index contributed by atoms with van der Waals surface area (Å²) in [7, 11) is 0. The number of hydrogen-bond donors (Lipinski definition) is 1. The Morgan fingerprint density at radius 3 is 2.29 bits per heavy atom. The molecule has 6 nitrogen and oxygen atoms in total. The third kappa shape index (κ3) is 5.03. The van der Waals surface area contributed by atoms with Crippen molar-refractivity contribution < 1.29 is 14.3 Å². The maximum absolute atomic E-state index is 12.2. The fourth-order valence-electron chi connectivity index (χ4n) is 3.34. The van der Waals surface area contributed by atoms with E-state index in [1.165, 1.54) is 0 Å². The van der Waals surface area contributed by atoms with E-state index in [1.807, 2.05) is 61.2 Å². The number of nitrogens with one attached hydrogen (secondary N) is 1. The molecule has 1 aliphatic heterocycles. The van der Waals surface area contributed by atoms with E-state index in [0.29, 0.717) is 0 Å². The highest BCUT2D eigenvalue weighted by Crippen LogP contribution is 2.21. The molecule has 148 valence electrons. The van der Waals surface area contributed by atoms with Crippen LogP contribution in [0.25, 0.3) is 0 Å². The summed E-state index contributed by atoms with van der Waals surface area (Å²) < 4.78 is 5.62. The Balaban J connectivity index is 1.50. The molecule has 1 heterocycles. The summed E-state index contributed by atoms with van der Waals surface area (Å²) in [6.07, 6.45) is 0. The Kier molecular flexibility index (Phi) is 6.19. The first-order valence-corrected chi connectivity index (χ1v) is 9.53.